The van der Waals surface area contributed by atoms with E-state index < -0.39 is 0 Å². The molecule has 1 atom stereocenters. The maximum Gasteiger partial charge on any atom is 0.192 e. The van der Waals surface area contributed by atoms with Crippen LogP contribution in [-0.2, 0) is 4.79 Å². The van der Waals surface area contributed by atoms with E-state index in [2.05, 4.69) is 10.2 Å². The molecule has 0 amide bonds. The van der Waals surface area contributed by atoms with Gasteiger partial charge in [0.05, 0.1) is 5.92 Å². The molecule has 15 heavy (non-hydrogen) atoms. The molecule has 2 rings (SSSR count). The molecule has 1 aliphatic rings. The Kier molecular flexibility index (Phi) is 2.33. The van der Waals surface area contributed by atoms with Crippen LogP contribution >= 0.6 is 0 Å². The van der Waals surface area contributed by atoms with Crippen LogP contribution in [0.5, 0.6) is 5.75 Å². The number of rotatable bonds is 1. The fraction of sp³-hybridized carbons (Fsp3) is 0.182. The summed E-state index contributed by atoms with van der Waals surface area (Å²) in [7, 11) is 0. The van der Waals surface area contributed by atoms with Crippen molar-refractivity contribution < 1.29 is 9.90 Å². The first-order valence-electron chi connectivity index (χ1n) is 4.64. The summed E-state index contributed by atoms with van der Waals surface area (Å²) in [6.45, 7) is 1.75. The Balaban J connectivity index is 2.48. The average Bonchev–Trinajstić information content (AvgIpc) is 2.23. The van der Waals surface area contributed by atoms with Gasteiger partial charge in [0.25, 0.3) is 0 Å². The van der Waals surface area contributed by atoms with Crippen molar-refractivity contribution in [1.82, 2.24) is 0 Å². The Morgan fingerprint density at radius 2 is 2.07 bits per heavy atom. The van der Waals surface area contributed by atoms with Gasteiger partial charge >= 0.3 is 0 Å². The van der Waals surface area contributed by atoms with Gasteiger partial charge in [0.15, 0.2) is 5.78 Å². The average molecular weight is 202 g/mol. The molecule has 1 aliphatic heterocycles. The van der Waals surface area contributed by atoms with Crippen LogP contribution in [0, 0.1) is 5.92 Å². The lowest BCUT2D eigenvalue weighted by Gasteiger charge is -2.11. The SMILES string of the molecule is CC1C=NN=C(c2ccccc2O)C1=O. The van der Waals surface area contributed by atoms with Crippen molar-refractivity contribution in [2.24, 2.45) is 16.1 Å². The van der Waals surface area contributed by atoms with Gasteiger partial charge in [-0.2, -0.15) is 5.10 Å². The lowest BCUT2D eigenvalue weighted by atomic mass is 9.97. The predicted octanol–water partition coefficient (Wildman–Crippen LogP) is 1.39. The van der Waals surface area contributed by atoms with E-state index in [0.717, 1.165) is 0 Å². The minimum atomic E-state index is -0.280. The Morgan fingerprint density at radius 1 is 1.33 bits per heavy atom. The number of aromatic hydroxyl groups is 1. The highest BCUT2D eigenvalue weighted by Gasteiger charge is 2.24. The Labute approximate surface area is 87.0 Å². The number of carbonyl (C=O) groups is 1. The molecule has 1 N–H and O–H groups in total. The molecule has 4 nitrogen and oxygen atoms in total. The van der Waals surface area contributed by atoms with Crippen LogP contribution in [0.3, 0.4) is 0 Å². The van der Waals surface area contributed by atoms with E-state index in [1.54, 1.807) is 25.1 Å². The molecule has 0 fully saturated rings. The fourth-order valence-corrected chi connectivity index (χ4v) is 1.38. The zero-order valence-electron chi connectivity index (χ0n) is 8.21. The zero-order chi connectivity index (χ0) is 10.8. The number of hydrogen-bond donors (Lipinski definition) is 1. The Morgan fingerprint density at radius 3 is 2.80 bits per heavy atom. The quantitative estimate of drug-likeness (QED) is 0.747. The number of ketones is 1. The van der Waals surface area contributed by atoms with E-state index in [1.165, 1.54) is 12.3 Å². The van der Waals surface area contributed by atoms with Crippen LogP contribution in [-0.4, -0.2) is 22.8 Å². The van der Waals surface area contributed by atoms with Crippen LogP contribution in [0.15, 0.2) is 34.5 Å². The summed E-state index contributed by atoms with van der Waals surface area (Å²) in [5, 5.41) is 17.1. The molecule has 0 aromatic heterocycles. The second-order valence-corrected chi connectivity index (χ2v) is 3.38. The smallest absolute Gasteiger partial charge is 0.192 e. The van der Waals surface area contributed by atoms with E-state index in [-0.39, 0.29) is 23.2 Å². The van der Waals surface area contributed by atoms with Crippen molar-refractivity contribution in [2.45, 2.75) is 6.92 Å². The fourth-order valence-electron chi connectivity index (χ4n) is 1.38. The standard InChI is InChI=1S/C11H10N2O2/c1-7-6-12-13-10(11(7)15)8-4-2-3-5-9(8)14/h2-7,14H,1H3. The summed E-state index contributed by atoms with van der Waals surface area (Å²) in [6.07, 6.45) is 1.49. The lowest BCUT2D eigenvalue weighted by Crippen LogP contribution is -2.26. The highest BCUT2D eigenvalue weighted by atomic mass is 16.3. The summed E-state index contributed by atoms with van der Waals surface area (Å²) < 4.78 is 0. The van der Waals surface area contributed by atoms with E-state index in [0.29, 0.717) is 5.56 Å². The topological polar surface area (TPSA) is 62.0 Å². The number of hydrogen-bond acceptors (Lipinski definition) is 4. The van der Waals surface area contributed by atoms with Gasteiger partial charge in [-0.05, 0) is 19.1 Å². The van der Waals surface area contributed by atoms with Gasteiger partial charge < -0.3 is 5.11 Å². The first-order chi connectivity index (χ1) is 7.20. The minimum Gasteiger partial charge on any atom is -0.507 e. The molecule has 1 heterocycles. The van der Waals surface area contributed by atoms with Crippen molar-refractivity contribution in [3.63, 3.8) is 0 Å². The third-order valence-electron chi connectivity index (χ3n) is 2.25. The second kappa shape index (κ2) is 3.65. The molecule has 1 unspecified atom stereocenters. The van der Waals surface area contributed by atoms with Crippen molar-refractivity contribution in [2.75, 3.05) is 0 Å². The third kappa shape index (κ3) is 1.66. The number of benzene rings is 1. The Hall–Kier alpha value is -1.97. The highest BCUT2D eigenvalue weighted by molar-refractivity contribution is 6.49. The van der Waals surface area contributed by atoms with Crippen LogP contribution in [0.2, 0.25) is 0 Å². The summed E-state index contributed by atoms with van der Waals surface area (Å²) in [6, 6.07) is 6.61. The van der Waals surface area contributed by atoms with Crippen molar-refractivity contribution in [3.8, 4) is 5.75 Å². The van der Waals surface area contributed by atoms with Crippen LogP contribution in [0.1, 0.15) is 12.5 Å². The first kappa shape index (κ1) is 9.58. The summed E-state index contributed by atoms with van der Waals surface area (Å²) in [4.78, 5) is 11.7. The number of phenolic OH excluding ortho intramolecular Hbond substituents is 1. The number of nitrogens with zero attached hydrogens (tertiary/aromatic N) is 2. The van der Waals surface area contributed by atoms with Crippen molar-refractivity contribution in [1.29, 1.82) is 0 Å². The largest absolute Gasteiger partial charge is 0.507 e. The minimum absolute atomic E-state index is 0.0499. The van der Waals surface area contributed by atoms with E-state index in [4.69, 9.17) is 0 Å². The third-order valence-corrected chi connectivity index (χ3v) is 2.25. The molecule has 0 radical (unpaired) electrons. The van der Waals surface area contributed by atoms with Gasteiger partial charge in [-0.1, -0.05) is 12.1 Å². The zero-order valence-corrected chi connectivity index (χ0v) is 8.21. The summed E-state index contributed by atoms with van der Waals surface area (Å²) >= 11 is 0. The summed E-state index contributed by atoms with van der Waals surface area (Å²) in [5.41, 5.74) is 0.661. The molecule has 1 aromatic rings. The maximum atomic E-state index is 11.7. The molecule has 0 saturated carbocycles. The first-order valence-corrected chi connectivity index (χ1v) is 4.64. The molecule has 0 spiro atoms. The normalized spacial score (nSPS) is 20.2. The second-order valence-electron chi connectivity index (χ2n) is 3.38. The van der Waals surface area contributed by atoms with Crippen LogP contribution in [0.25, 0.3) is 0 Å². The van der Waals surface area contributed by atoms with Crippen LogP contribution < -0.4 is 0 Å². The Bertz CT molecular complexity index is 463. The van der Waals surface area contributed by atoms with Crippen LogP contribution in [0.4, 0.5) is 0 Å². The maximum absolute atomic E-state index is 11.7. The lowest BCUT2D eigenvalue weighted by molar-refractivity contribution is -0.114. The molecule has 1 aromatic carbocycles. The molecule has 0 bridgehead atoms. The van der Waals surface area contributed by atoms with E-state index >= 15 is 0 Å². The molecular formula is C11H10N2O2. The molecule has 4 heteroatoms. The summed E-state index contributed by atoms with van der Waals surface area (Å²) in [5.74, 6) is -0.350. The van der Waals surface area contributed by atoms with Gasteiger partial charge in [0.1, 0.15) is 11.5 Å². The van der Waals surface area contributed by atoms with Crippen molar-refractivity contribution >= 4 is 17.7 Å². The van der Waals surface area contributed by atoms with Gasteiger partial charge in [-0.25, -0.2) is 0 Å². The van der Waals surface area contributed by atoms with Crippen molar-refractivity contribution in [3.05, 3.63) is 29.8 Å². The number of phenols is 1. The van der Waals surface area contributed by atoms with Gasteiger partial charge in [0, 0.05) is 11.8 Å². The number of carbonyl (C=O) groups excluding carboxylic acids is 1. The molecule has 0 aliphatic carbocycles. The monoisotopic (exact) mass is 202 g/mol. The molecule has 76 valence electrons. The van der Waals surface area contributed by atoms with Gasteiger partial charge in [0.2, 0.25) is 0 Å². The van der Waals surface area contributed by atoms with Gasteiger partial charge in [-0.3, -0.25) is 4.79 Å². The highest BCUT2D eigenvalue weighted by Crippen LogP contribution is 2.20. The number of para-hydroxylation sites is 1. The van der Waals surface area contributed by atoms with E-state index in [9.17, 15) is 9.90 Å². The number of Topliss-reactive ketones (excluding diaryl/α,β-unsaturated/α-hetero) is 1. The van der Waals surface area contributed by atoms with E-state index in [1.807, 2.05) is 0 Å². The molecular weight excluding hydrogens is 192 g/mol. The predicted molar refractivity (Wildman–Crippen MR) is 57.3 cm³/mol. The molecule has 0 saturated heterocycles. The van der Waals surface area contributed by atoms with Gasteiger partial charge in [-0.15, -0.1) is 5.10 Å².